The summed E-state index contributed by atoms with van der Waals surface area (Å²) < 4.78 is 0. The first-order valence-corrected chi connectivity index (χ1v) is 7.64. The Morgan fingerprint density at radius 2 is 2.00 bits per heavy atom. The first-order chi connectivity index (χ1) is 10.7. The minimum absolute atomic E-state index is 0.0481. The number of amides is 3. The molecule has 3 N–H and O–H groups in total. The van der Waals surface area contributed by atoms with E-state index in [0.717, 1.165) is 36.8 Å². The number of aromatic amines is 1. The van der Waals surface area contributed by atoms with Gasteiger partial charge in [0, 0.05) is 36.2 Å². The van der Waals surface area contributed by atoms with E-state index >= 15 is 0 Å². The normalized spacial score (nSPS) is 14.3. The fourth-order valence-corrected chi connectivity index (χ4v) is 2.75. The van der Waals surface area contributed by atoms with Crippen LogP contribution in [-0.4, -0.2) is 41.5 Å². The number of hydrogen-bond acceptors (Lipinski definition) is 2. The van der Waals surface area contributed by atoms with E-state index < -0.39 is 0 Å². The maximum Gasteiger partial charge on any atom is 0.319 e. The monoisotopic (exact) mass is 300 g/mol. The van der Waals surface area contributed by atoms with E-state index in [9.17, 15) is 9.59 Å². The standard InChI is InChI=1S/C16H20N4O2/c1-2-17-16(22)18-12-5-6-13-11(9-12)10-14(19-13)15(21)20-7-3-4-8-20/h5-6,9-10,19H,2-4,7-8H2,1H3,(H2,17,18,22). The molecule has 1 aromatic heterocycles. The van der Waals surface area contributed by atoms with Gasteiger partial charge in [0.1, 0.15) is 5.69 Å². The van der Waals surface area contributed by atoms with Crippen molar-refractivity contribution >= 4 is 28.5 Å². The highest BCUT2D eigenvalue weighted by Gasteiger charge is 2.20. The van der Waals surface area contributed by atoms with Crippen LogP contribution in [0.4, 0.5) is 10.5 Å². The Balaban J connectivity index is 1.80. The molecule has 2 aromatic rings. The molecule has 1 aliphatic heterocycles. The molecule has 1 aromatic carbocycles. The molecule has 0 radical (unpaired) electrons. The molecule has 3 rings (SSSR count). The van der Waals surface area contributed by atoms with Crippen molar-refractivity contribution in [3.63, 3.8) is 0 Å². The summed E-state index contributed by atoms with van der Waals surface area (Å²) in [7, 11) is 0. The molecule has 1 fully saturated rings. The lowest BCUT2D eigenvalue weighted by Gasteiger charge is -2.13. The van der Waals surface area contributed by atoms with Gasteiger partial charge in [-0.05, 0) is 44.0 Å². The third-order valence-electron chi connectivity index (χ3n) is 3.84. The Morgan fingerprint density at radius 1 is 1.23 bits per heavy atom. The molecule has 0 bridgehead atoms. The predicted octanol–water partition coefficient (Wildman–Crippen LogP) is 2.55. The van der Waals surface area contributed by atoms with E-state index in [-0.39, 0.29) is 11.9 Å². The number of benzene rings is 1. The molecule has 0 atom stereocenters. The summed E-state index contributed by atoms with van der Waals surface area (Å²) >= 11 is 0. The molecule has 2 heterocycles. The highest BCUT2D eigenvalue weighted by molar-refractivity contribution is 5.99. The van der Waals surface area contributed by atoms with E-state index in [1.165, 1.54) is 0 Å². The summed E-state index contributed by atoms with van der Waals surface area (Å²) in [5.74, 6) is 0.0481. The third kappa shape index (κ3) is 2.90. The lowest BCUT2D eigenvalue weighted by atomic mass is 10.2. The molecule has 3 amide bonds. The van der Waals surface area contributed by atoms with Gasteiger partial charge in [-0.15, -0.1) is 0 Å². The first-order valence-electron chi connectivity index (χ1n) is 7.64. The number of carbonyl (C=O) groups excluding carboxylic acids is 2. The van der Waals surface area contributed by atoms with Crippen molar-refractivity contribution in [2.45, 2.75) is 19.8 Å². The van der Waals surface area contributed by atoms with Gasteiger partial charge in [-0.25, -0.2) is 4.79 Å². The second kappa shape index (κ2) is 6.09. The van der Waals surface area contributed by atoms with Gasteiger partial charge < -0.3 is 20.5 Å². The number of hydrogen-bond donors (Lipinski definition) is 3. The number of aromatic nitrogens is 1. The molecule has 6 nitrogen and oxygen atoms in total. The van der Waals surface area contributed by atoms with Crippen LogP contribution in [0.3, 0.4) is 0 Å². The molecule has 116 valence electrons. The van der Waals surface area contributed by atoms with Crippen LogP contribution < -0.4 is 10.6 Å². The van der Waals surface area contributed by atoms with E-state index in [1.54, 1.807) is 0 Å². The highest BCUT2D eigenvalue weighted by Crippen LogP contribution is 2.22. The number of nitrogens with zero attached hydrogens (tertiary/aromatic N) is 1. The van der Waals surface area contributed by atoms with E-state index in [4.69, 9.17) is 0 Å². The second-order valence-electron chi connectivity index (χ2n) is 5.47. The highest BCUT2D eigenvalue weighted by atomic mass is 16.2. The quantitative estimate of drug-likeness (QED) is 0.814. The Hall–Kier alpha value is -2.50. The summed E-state index contributed by atoms with van der Waals surface area (Å²) in [6, 6.07) is 7.17. The van der Waals surface area contributed by atoms with Gasteiger partial charge in [0.2, 0.25) is 0 Å². The van der Waals surface area contributed by atoms with Gasteiger partial charge >= 0.3 is 6.03 Å². The van der Waals surface area contributed by atoms with Crippen LogP contribution in [0.5, 0.6) is 0 Å². The van der Waals surface area contributed by atoms with Crippen LogP contribution in [0, 0.1) is 0 Å². The number of H-pyrrole nitrogens is 1. The number of fused-ring (bicyclic) bond motifs is 1. The topological polar surface area (TPSA) is 77.2 Å². The Labute approximate surface area is 128 Å². The molecule has 0 unspecified atom stereocenters. The van der Waals surface area contributed by atoms with Crippen molar-refractivity contribution in [2.75, 3.05) is 25.0 Å². The second-order valence-corrected chi connectivity index (χ2v) is 5.47. The van der Waals surface area contributed by atoms with Gasteiger partial charge in [-0.3, -0.25) is 4.79 Å². The molecule has 0 aliphatic carbocycles. The number of carbonyl (C=O) groups is 2. The zero-order valence-electron chi connectivity index (χ0n) is 12.6. The van der Waals surface area contributed by atoms with Gasteiger partial charge in [0.05, 0.1) is 0 Å². The molecular formula is C16H20N4O2. The van der Waals surface area contributed by atoms with E-state index in [2.05, 4.69) is 15.6 Å². The summed E-state index contributed by atoms with van der Waals surface area (Å²) in [6.07, 6.45) is 2.15. The van der Waals surface area contributed by atoms with Crippen molar-refractivity contribution < 1.29 is 9.59 Å². The predicted molar refractivity (Wildman–Crippen MR) is 86.1 cm³/mol. The fourth-order valence-electron chi connectivity index (χ4n) is 2.75. The fraction of sp³-hybridized carbons (Fsp3) is 0.375. The smallest absolute Gasteiger partial charge is 0.319 e. The molecular weight excluding hydrogens is 280 g/mol. The average molecular weight is 300 g/mol. The largest absolute Gasteiger partial charge is 0.351 e. The number of rotatable bonds is 3. The summed E-state index contributed by atoms with van der Waals surface area (Å²) in [6.45, 7) is 4.11. The van der Waals surface area contributed by atoms with Crippen LogP contribution >= 0.6 is 0 Å². The first kappa shape index (κ1) is 14.4. The van der Waals surface area contributed by atoms with E-state index in [1.807, 2.05) is 36.1 Å². The third-order valence-corrected chi connectivity index (χ3v) is 3.84. The van der Waals surface area contributed by atoms with Crippen molar-refractivity contribution in [1.82, 2.24) is 15.2 Å². The zero-order valence-corrected chi connectivity index (χ0v) is 12.6. The SMILES string of the molecule is CCNC(=O)Nc1ccc2[nH]c(C(=O)N3CCCC3)cc2c1. The van der Waals surface area contributed by atoms with Crippen LogP contribution in [0.15, 0.2) is 24.3 Å². The van der Waals surface area contributed by atoms with Crippen LogP contribution in [0.1, 0.15) is 30.3 Å². The van der Waals surface area contributed by atoms with Crippen molar-refractivity contribution in [3.05, 3.63) is 30.0 Å². The lowest BCUT2D eigenvalue weighted by molar-refractivity contribution is 0.0788. The maximum absolute atomic E-state index is 12.4. The lowest BCUT2D eigenvalue weighted by Crippen LogP contribution is -2.28. The van der Waals surface area contributed by atoms with Crippen LogP contribution in [-0.2, 0) is 0 Å². The number of urea groups is 1. The molecule has 0 saturated carbocycles. The molecule has 6 heteroatoms. The van der Waals surface area contributed by atoms with Crippen molar-refractivity contribution in [1.29, 1.82) is 0 Å². The Kier molecular flexibility index (Phi) is 4.00. The molecule has 22 heavy (non-hydrogen) atoms. The van der Waals surface area contributed by atoms with Gasteiger partial charge in [0.25, 0.3) is 5.91 Å². The number of anilines is 1. The average Bonchev–Trinajstić information content (AvgIpc) is 3.15. The minimum Gasteiger partial charge on any atom is -0.351 e. The summed E-state index contributed by atoms with van der Waals surface area (Å²) in [4.78, 5) is 29.0. The Morgan fingerprint density at radius 3 is 2.73 bits per heavy atom. The number of likely N-dealkylation sites (tertiary alicyclic amines) is 1. The summed E-state index contributed by atoms with van der Waals surface area (Å²) in [5.41, 5.74) is 2.20. The van der Waals surface area contributed by atoms with Gasteiger partial charge in [0.15, 0.2) is 0 Å². The minimum atomic E-state index is -0.231. The van der Waals surface area contributed by atoms with Gasteiger partial charge in [-0.2, -0.15) is 0 Å². The van der Waals surface area contributed by atoms with E-state index in [0.29, 0.717) is 17.9 Å². The van der Waals surface area contributed by atoms with Crippen molar-refractivity contribution in [2.24, 2.45) is 0 Å². The Bertz CT molecular complexity index is 701. The van der Waals surface area contributed by atoms with Crippen molar-refractivity contribution in [3.8, 4) is 0 Å². The maximum atomic E-state index is 12.4. The zero-order chi connectivity index (χ0) is 15.5. The van der Waals surface area contributed by atoms with Crippen LogP contribution in [0.2, 0.25) is 0 Å². The molecule has 1 aliphatic rings. The molecule has 0 spiro atoms. The molecule has 1 saturated heterocycles. The summed E-state index contributed by atoms with van der Waals surface area (Å²) in [5, 5.41) is 6.37. The van der Waals surface area contributed by atoms with Gasteiger partial charge in [-0.1, -0.05) is 0 Å². The van der Waals surface area contributed by atoms with Crippen LogP contribution in [0.25, 0.3) is 10.9 Å². The number of nitrogens with one attached hydrogen (secondary N) is 3.